The predicted octanol–water partition coefficient (Wildman–Crippen LogP) is 3.07. The Labute approximate surface area is 163 Å². The number of carbonyl (C=O) groups is 1. The van der Waals surface area contributed by atoms with Crippen molar-refractivity contribution < 1.29 is 9.90 Å². The van der Waals surface area contributed by atoms with E-state index in [4.69, 9.17) is 5.11 Å². The van der Waals surface area contributed by atoms with Gasteiger partial charge in [-0.25, -0.2) is 15.0 Å². The minimum Gasteiger partial charge on any atom is -0.386 e. The first-order valence-electron chi connectivity index (χ1n) is 8.58. The molecule has 2 heterocycles. The SMILES string of the molecule is CN(C)CCC(O)C=O.Cc1nccc(-c2csc(-c3ccccc3)n2)n1. The van der Waals surface area contributed by atoms with Gasteiger partial charge in [0.15, 0.2) is 0 Å². The molecule has 0 saturated heterocycles. The van der Waals surface area contributed by atoms with Crippen LogP contribution in [0.2, 0.25) is 0 Å². The zero-order chi connectivity index (χ0) is 19.6. The molecule has 1 atom stereocenters. The van der Waals surface area contributed by atoms with E-state index < -0.39 is 6.10 Å². The molecule has 0 spiro atoms. The molecule has 0 amide bonds. The van der Waals surface area contributed by atoms with Gasteiger partial charge < -0.3 is 14.8 Å². The molecule has 3 aromatic rings. The van der Waals surface area contributed by atoms with Gasteiger partial charge in [0.2, 0.25) is 0 Å². The molecule has 0 aliphatic carbocycles. The van der Waals surface area contributed by atoms with E-state index in [0.717, 1.165) is 34.3 Å². The van der Waals surface area contributed by atoms with Crippen molar-refractivity contribution in [3.63, 3.8) is 0 Å². The third kappa shape index (κ3) is 6.97. The molecule has 0 aliphatic heterocycles. The second kappa shape index (κ2) is 10.6. The summed E-state index contributed by atoms with van der Waals surface area (Å²) in [6.45, 7) is 2.63. The fourth-order valence-corrected chi connectivity index (χ4v) is 2.98. The zero-order valence-corrected chi connectivity index (χ0v) is 16.6. The lowest BCUT2D eigenvalue weighted by Crippen LogP contribution is -2.19. The van der Waals surface area contributed by atoms with Crippen molar-refractivity contribution >= 4 is 17.6 Å². The lowest BCUT2D eigenvalue weighted by molar-refractivity contribution is -0.115. The van der Waals surface area contributed by atoms with Crippen LogP contribution in [-0.2, 0) is 4.79 Å². The van der Waals surface area contributed by atoms with Crippen molar-refractivity contribution in [1.29, 1.82) is 0 Å². The van der Waals surface area contributed by atoms with Gasteiger partial charge >= 0.3 is 0 Å². The van der Waals surface area contributed by atoms with Crippen molar-refractivity contribution in [2.24, 2.45) is 0 Å². The van der Waals surface area contributed by atoms with Crippen LogP contribution in [0.25, 0.3) is 22.0 Å². The average molecular weight is 385 g/mol. The van der Waals surface area contributed by atoms with Crippen LogP contribution >= 0.6 is 11.3 Å². The van der Waals surface area contributed by atoms with Crippen LogP contribution in [-0.4, -0.2) is 58.0 Å². The van der Waals surface area contributed by atoms with Crippen LogP contribution in [0.5, 0.6) is 0 Å². The predicted molar refractivity (Wildman–Crippen MR) is 109 cm³/mol. The van der Waals surface area contributed by atoms with E-state index in [-0.39, 0.29) is 0 Å². The number of hydrogen-bond donors (Lipinski definition) is 1. The van der Waals surface area contributed by atoms with Crippen LogP contribution in [0.1, 0.15) is 12.2 Å². The van der Waals surface area contributed by atoms with E-state index in [1.807, 2.05) is 55.6 Å². The van der Waals surface area contributed by atoms with Crippen molar-refractivity contribution in [2.45, 2.75) is 19.4 Å². The summed E-state index contributed by atoms with van der Waals surface area (Å²) in [4.78, 5) is 24.9. The number of aromatic nitrogens is 3. The van der Waals surface area contributed by atoms with Crippen LogP contribution in [0, 0.1) is 6.92 Å². The van der Waals surface area contributed by atoms with Crippen molar-refractivity contribution in [3.05, 3.63) is 53.8 Å². The van der Waals surface area contributed by atoms with Gasteiger partial charge in [-0.2, -0.15) is 0 Å². The lowest BCUT2D eigenvalue weighted by Gasteiger charge is -2.09. The van der Waals surface area contributed by atoms with Gasteiger partial charge in [-0.05, 0) is 33.5 Å². The van der Waals surface area contributed by atoms with Crippen LogP contribution in [0.15, 0.2) is 48.0 Å². The molecule has 142 valence electrons. The Morgan fingerprint density at radius 2 is 1.89 bits per heavy atom. The van der Waals surface area contributed by atoms with Crippen LogP contribution < -0.4 is 0 Å². The van der Waals surface area contributed by atoms with E-state index in [2.05, 4.69) is 27.1 Å². The summed E-state index contributed by atoms with van der Waals surface area (Å²) in [5, 5.41) is 11.8. The molecule has 3 rings (SSSR count). The molecule has 27 heavy (non-hydrogen) atoms. The number of hydrogen-bond acceptors (Lipinski definition) is 7. The highest BCUT2D eigenvalue weighted by Gasteiger charge is 2.07. The number of aldehydes is 1. The van der Waals surface area contributed by atoms with Gasteiger partial charge in [-0.1, -0.05) is 30.3 Å². The monoisotopic (exact) mass is 384 g/mol. The van der Waals surface area contributed by atoms with Crippen LogP contribution in [0.3, 0.4) is 0 Å². The first-order chi connectivity index (χ1) is 13.0. The van der Waals surface area contributed by atoms with Crippen molar-refractivity contribution in [2.75, 3.05) is 20.6 Å². The molecule has 0 saturated carbocycles. The Hall–Kier alpha value is -2.48. The summed E-state index contributed by atoms with van der Waals surface area (Å²) in [6, 6.07) is 12.1. The molecular weight excluding hydrogens is 360 g/mol. The third-order valence-corrected chi connectivity index (χ3v) is 4.48. The van der Waals surface area contributed by atoms with E-state index >= 15 is 0 Å². The standard InChI is InChI=1S/C14H11N3S.C6H13NO2/c1-10-15-8-7-12(16-10)13-9-18-14(17-13)11-5-3-2-4-6-11;1-7(2)4-3-6(9)5-8/h2-9H,1H3;5-6,9H,3-4H2,1-2H3. The topological polar surface area (TPSA) is 79.2 Å². The van der Waals surface area contributed by atoms with Crippen LogP contribution in [0.4, 0.5) is 0 Å². The fraction of sp³-hybridized carbons (Fsp3) is 0.300. The summed E-state index contributed by atoms with van der Waals surface area (Å²) in [5.74, 6) is 0.766. The summed E-state index contributed by atoms with van der Waals surface area (Å²) in [5.41, 5.74) is 2.92. The molecule has 1 unspecified atom stereocenters. The summed E-state index contributed by atoms with van der Waals surface area (Å²) in [6.07, 6.45) is 2.06. The minimum atomic E-state index is -0.785. The minimum absolute atomic E-state index is 0.524. The first kappa shape index (κ1) is 20.8. The van der Waals surface area contributed by atoms with Gasteiger partial charge in [0.1, 0.15) is 28.9 Å². The molecule has 2 aromatic heterocycles. The Morgan fingerprint density at radius 1 is 1.15 bits per heavy atom. The molecule has 1 aromatic carbocycles. The first-order valence-corrected chi connectivity index (χ1v) is 9.46. The molecule has 0 radical (unpaired) electrons. The number of aliphatic hydroxyl groups excluding tert-OH is 1. The Balaban J connectivity index is 0.000000249. The quantitative estimate of drug-likeness (QED) is 0.658. The maximum absolute atomic E-state index is 9.85. The van der Waals surface area contributed by atoms with Crippen molar-refractivity contribution in [3.8, 4) is 22.0 Å². The zero-order valence-electron chi connectivity index (χ0n) is 15.7. The number of thiazole rings is 1. The normalized spacial score (nSPS) is 11.6. The number of aryl methyl sites for hydroxylation is 1. The van der Waals surface area contributed by atoms with Crippen molar-refractivity contribution in [1.82, 2.24) is 19.9 Å². The van der Waals surface area contributed by atoms with E-state index in [1.54, 1.807) is 17.5 Å². The van der Waals surface area contributed by atoms with Gasteiger partial charge in [0.05, 0.1) is 5.69 Å². The van der Waals surface area contributed by atoms with Gasteiger partial charge in [0.25, 0.3) is 0 Å². The summed E-state index contributed by atoms with van der Waals surface area (Å²) in [7, 11) is 3.80. The van der Waals surface area contributed by atoms with Gasteiger partial charge in [-0.3, -0.25) is 0 Å². The molecule has 1 N–H and O–H groups in total. The molecule has 6 nitrogen and oxygen atoms in total. The second-order valence-corrected chi connectivity index (χ2v) is 7.05. The van der Waals surface area contributed by atoms with E-state index in [0.29, 0.717) is 12.7 Å². The van der Waals surface area contributed by atoms with E-state index in [1.165, 1.54) is 0 Å². The second-order valence-electron chi connectivity index (χ2n) is 6.19. The maximum Gasteiger partial charge on any atom is 0.148 e. The molecule has 7 heteroatoms. The Morgan fingerprint density at radius 3 is 2.52 bits per heavy atom. The number of benzene rings is 1. The number of nitrogens with zero attached hydrogens (tertiary/aromatic N) is 4. The summed E-state index contributed by atoms with van der Waals surface area (Å²) >= 11 is 1.63. The highest BCUT2D eigenvalue weighted by atomic mass is 32.1. The average Bonchev–Trinajstić information content (AvgIpc) is 3.17. The lowest BCUT2D eigenvalue weighted by atomic mass is 10.2. The maximum atomic E-state index is 9.85. The van der Waals surface area contributed by atoms with Gasteiger partial charge in [-0.15, -0.1) is 11.3 Å². The third-order valence-electron chi connectivity index (χ3n) is 3.59. The highest BCUT2D eigenvalue weighted by Crippen LogP contribution is 2.27. The molecule has 0 bridgehead atoms. The number of aliphatic hydroxyl groups is 1. The van der Waals surface area contributed by atoms with Gasteiger partial charge in [0, 0.05) is 23.7 Å². The Bertz CT molecular complexity index is 837. The Kier molecular flexibility index (Phi) is 8.19. The molecule has 0 fully saturated rings. The fourth-order valence-electron chi connectivity index (χ4n) is 2.16. The smallest absolute Gasteiger partial charge is 0.148 e. The largest absolute Gasteiger partial charge is 0.386 e. The number of rotatable bonds is 6. The highest BCUT2D eigenvalue weighted by molar-refractivity contribution is 7.13. The number of carbonyl (C=O) groups excluding carboxylic acids is 1. The summed E-state index contributed by atoms with van der Waals surface area (Å²) < 4.78 is 0. The van der Waals surface area contributed by atoms with E-state index in [9.17, 15) is 4.79 Å². The molecular formula is C20H24N4O2S. The molecule has 0 aliphatic rings.